The van der Waals surface area contributed by atoms with Gasteiger partial charge in [-0.05, 0) is 25.1 Å². The second-order valence-corrected chi connectivity index (χ2v) is 5.59. The molecule has 140 valence electrons. The second-order valence-electron chi connectivity index (χ2n) is 5.59. The lowest BCUT2D eigenvalue weighted by molar-refractivity contribution is 0.0594. The Morgan fingerprint density at radius 2 is 2.07 bits per heavy atom. The molecule has 0 saturated heterocycles. The van der Waals surface area contributed by atoms with Crippen molar-refractivity contribution in [3.05, 3.63) is 47.9 Å². The fourth-order valence-electron chi connectivity index (χ4n) is 2.48. The summed E-state index contributed by atoms with van der Waals surface area (Å²) in [7, 11) is 2.84. The first kappa shape index (κ1) is 18.2. The van der Waals surface area contributed by atoms with Gasteiger partial charge in [-0.3, -0.25) is 14.6 Å². The molecule has 0 atom stereocenters. The average Bonchev–Trinajstić information content (AvgIpc) is 3.34. The van der Waals surface area contributed by atoms with E-state index in [-0.39, 0.29) is 17.1 Å². The molecule has 0 fully saturated rings. The first-order chi connectivity index (χ1) is 13.0. The van der Waals surface area contributed by atoms with Gasteiger partial charge in [0.15, 0.2) is 5.69 Å². The number of aryl methyl sites for hydroxylation is 1. The highest BCUT2D eigenvalue weighted by atomic mass is 16.5. The minimum Gasteiger partial charge on any atom is -0.497 e. The van der Waals surface area contributed by atoms with E-state index in [4.69, 9.17) is 9.47 Å². The van der Waals surface area contributed by atoms with Crippen LogP contribution >= 0.6 is 0 Å². The average molecular weight is 369 g/mol. The van der Waals surface area contributed by atoms with E-state index in [9.17, 15) is 9.59 Å². The normalized spacial score (nSPS) is 10.5. The highest BCUT2D eigenvalue weighted by Crippen LogP contribution is 2.23. The van der Waals surface area contributed by atoms with Crippen molar-refractivity contribution in [1.82, 2.24) is 20.0 Å². The van der Waals surface area contributed by atoms with Crippen molar-refractivity contribution in [1.29, 1.82) is 0 Å². The topological polar surface area (TPSA) is 111 Å². The summed E-state index contributed by atoms with van der Waals surface area (Å²) in [6.07, 6.45) is 1.57. The minimum atomic E-state index is -0.626. The highest BCUT2D eigenvalue weighted by molar-refractivity contribution is 6.06. The quantitative estimate of drug-likeness (QED) is 0.645. The third-order valence-electron chi connectivity index (χ3n) is 3.90. The van der Waals surface area contributed by atoms with Gasteiger partial charge in [0, 0.05) is 18.3 Å². The molecule has 0 bridgehead atoms. The molecule has 2 aromatic heterocycles. The van der Waals surface area contributed by atoms with Crippen LogP contribution in [0.5, 0.6) is 5.75 Å². The number of aromatic nitrogens is 4. The van der Waals surface area contributed by atoms with Gasteiger partial charge >= 0.3 is 5.97 Å². The molecule has 3 aromatic rings. The minimum absolute atomic E-state index is 0.0419. The Kier molecular flexibility index (Phi) is 5.20. The molecule has 3 rings (SSSR count). The summed E-state index contributed by atoms with van der Waals surface area (Å²) >= 11 is 0. The molecule has 1 amide bonds. The van der Waals surface area contributed by atoms with Crippen LogP contribution in [0.3, 0.4) is 0 Å². The van der Waals surface area contributed by atoms with Crippen LogP contribution in [0.2, 0.25) is 0 Å². The third-order valence-corrected chi connectivity index (χ3v) is 3.90. The number of carbonyl (C=O) groups is 2. The molecule has 27 heavy (non-hydrogen) atoms. The third kappa shape index (κ3) is 3.81. The number of nitrogens with one attached hydrogen (secondary N) is 2. The van der Waals surface area contributed by atoms with Gasteiger partial charge in [0.1, 0.15) is 11.4 Å². The summed E-state index contributed by atoms with van der Waals surface area (Å²) in [5.74, 6) is -0.382. The lowest BCUT2D eigenvalue weighted by atomic mass is 10.1. The van der Waals surface area contributed by atoms with Crippen molar-refractivity contribution in [2.24, 2.45) is 0 Å². The van der Waals surface area contributed by atoms with E-state index in [1.165, 1.54) is 11.8 Å². The fraction of sp³-hybridized carbons (Fsp3) is 0.222. The number of hydrogen-bond acceptors (Lipinski definition) is 6. The van der Waals surface area contributed by atoms with Gasteiger partial charge < -0.3 is 14.8 Å². The van der Waals surface area contributed by atoms with Crippen molar-refractivity contribution >= 4 is 17.6 Å². The van der Waals surface area contributed by atoms with Crippen molar-refractivity contribution < 1.29 is 19.1 Å². The number of carbonyl (C=O) groups excluding carboxylic acids is 2. The number of amides is 1. The maximum atomic E-state index is 12.5. The number of anilines is 1. The van der Waals surface area contributed by atoms with Gasteiger partial charge in [-0.2, -0.15) is 10.2 Å². The summed E-state index contributed by atoms with van der Waals surface area (Å²) in [5.41, 5.74) is 1.95. The van der Waals surface area contributed by atoms with E-state index in [0.29, 0.717) is 18.0 Å². The molecule has 9 nitrogen and oxygen atoms in total. The number of aromatic amines is 1. The lowest BCUT2D eigenvalue weighted by Crippen LogP contribution is -2.15. The Labute approximate surface area is 155 Å². The second kappa shape index (κ2) is 7.73. The van der Waals surface area contributed by atoms with Crippen molar-refractivity contribution in [3.8, 4) is 17.0 Å². The first-order valence-corrected chi connectivity index (χ1v) is 8.22. The predicted octanol–water partition coefficient (Wildman–Crippen LogP) is 2.34. The number of benzene rings is 1. The molecule has 0 saturated carbocycles. The Bertz CT molecular complexity index is 976. The molecule has 1 aromatic carbocycles. The van der Waals surface area contributed by atoms with E-state index < -0.39 is 11.9 Å². The van der Waals surface area contributed by atoms with E-state index >= 15 is 0 Å². The van der Waals surface area contributed by atoms with Crippen molar-refractivity contribution in [2.45, 2.75) is 13.5 Å². The molecule has 2 N–H and O–H groups in total. The number of methoxy groups -OCH3 is 2. The van der Waals surface area contributed by atoms with Crippen molar-refractivity contribution in [2.75, 3.05) is 19.5 Å². The Morgan fingerprint density at radius 3 is 2.78 bits per heavy atom. The predicted molar refractivity (Wildman–Crippen MR) is 97.8 cm³/mol. The van der Waals surface area contributed by atoms with Crippen LogP contribution in [-0.4, -0.2) is 46.1 Å². The first-order valence-electron chi connectivity index (χ1n) is 8.22. The van der Waals surface area contributed by atoms with E-state index in [1.54, 1.807) is 19.4 Å². The van der Waals surface area contributed by atoms with Crippen LogP contribution in [-0.2, 0) is 11.3 Å². The molecule has 2 heterocycles. The number of rotatable bonds is 6. The summed E-state index contributed by atoms with van der Waals surface area (Å²) in [5, 5.41) is 13.6. The van der Waals surface area contributed by atoms with Crippen LogP contribution in [0.25, 0.3) is 11.3 Å². The summed E-state index contributed by atoms with van der Waals surface area (Å²) in [6, 6.07) is 8.96. The van der Waals surface area contributed by atoms with E-state index in [1.807, 2.05) is 31.2 Å². The molecular formula is C18H19N5O4. The number of nitrogens with zero attached hydrogens (tertiary/aromatic N) is 3. The smallest absolute Gasteiger partial charge is 0.360 e. The molecule has 0 radical (unpaired) electrons. The van der Waals surface area contributed by atoms with Crippen molar-refractivity contribution in [3.63, 3.8) is 0 Å². The molecule has 9 heteroatoms. The van der Waals surface area contributed by atoms with Crippen LogP contribution in [0.1, 0.15) is 27.9 Å². The fourth-order valence-corrected chi connectivity index (χ4v) is 2.48. The molecule has 0 aliphatic heterocycles. The highest BCUT2D eigenvalue weighted by Gasteiger charge is 2.20. The lowest BCUT2D eigenvalue weighted by Gasteiger charge is -2.02. The van der Waals surface area contributed by atoms with Gasteiger partial charge in [0.05, 0.1) is 25.6 Å². The number of hydrogen-bond donors (Lipinski definition) is 2. The van der Waals surface area contributed by atoms with Crippen LogP contribution < -0.4 is 10.1 Å². The van der Waals surface area contributed by atoms with Crippen LogP contribution in [0, 0.1) is 0 Å². The summed E-state index contributed by atoms with van der Waals surface area (Å²) in [4.78, 5) is 24.4. The molecule has 0 unspecified atom stereocenters. The zero-order valence-electron chi connectivity index (χ0n) is 15.1. The van der Waals surface area contributed by atoms with Gasteiger partial charge in [0.2, 0.25) is 0 Å². The Balaban J connectivity index is 1.82. The maximum absolute atomic E-state index is 12.5. The Hall–Kier alpha value is -3.62. The summed E-state index contributed by atoms with van der Waals surface area (Å²) in [6.45, 7) is 2.42. The molecule has 0 aliphatic carbocycles. The van der Waals surface area contributed by atoms with Gasteiger partial charge in [-0.15, -0.1) is 0 Å². The van der Waals surface area contributed by atoms with Crippen LogP contribution in [0.15, 0.2) is 36.5 Å². The van der Waals surface area contributed by atoms with Crippen LogP contribution in [0.4, 0.5) is 5.69 Å². The summed E-state index contributed by atoms with van der Waals surface area (Å²) < 4.78 is 11.4. The largest absolute Gasteiger partial charge is 0.497 e. The monoisotopic (exact) mass is 369 g/mol. The standard InChI is InChI=1S/C18H19N5O4/c1-4-23-10-15(16(22-23)18(25)27-3)19-17(24)14-9-13(20-21-14)11-6-5-7-12(8-11)26-2/h5-10H,4H2,1-3H3,(H,19,24)(H,20,21). The Morgan fingerprint density at radius 1 is 1.26 bits per heavy atom. The van der Waals surface area contributed by atoms with E-state index in [2.05, 4.69) is 20.6 Å². The number of esters is 1. The van der Waals surface area contributed by atoms with Gasteiger partial charge in [0.25, 0.3) is 5.91 Å². The SMILES string of the molecule is CCn1cc(NC(=O)c2cc(-c3cccc(OC)c3)n[nH]2)c(C(=O)OC)n1. The molecular weight excluding hydrogens is 350 g/mol. The zero-order chi connectivity index (χ0) is 19.4. The zero-order valence-corrected chi connectivity index (χ0v) is 15.1. The van der Waals surface area contributed by atoms with Gasteiger partial charge in [-0.1, -0.05) is 12.1 Å². The van der Waals surface area contributed by atoms with E-state index in [0.717, 1.165) is 5.56 Å². The molecule has 0 spiro atoms. The van der Waals surface area contributed by atoms with Gasteiger partial charge in [-0.25, -0.2) is 4.79 Å². The number of H-pyrrole nitrogens is 1. The maximum Gasteiger partial charge on any atom is 0.360 e. The number of ether oxygens (including phenoxy) is 2. The molecule has 0 aliphatic rings.